The third-order valence-electron chi connectivity index (χ3n) is 4.71. The maximum absolute atomic E-state index is 12.0. The number of nitrogens with zero attached hydrogens (tertiary/aromatic N) is 5. The zero-order valence-electron chi connectivity index (χ0n) is 15.1. The standard InChI is InChI=1S/C18H23N7O/c1-3-13-14(10-19)16(24-23-15(13)4-2)22-12-6-5-9-25(11-12)17-18(26)21-8-7-20-17/h7-8,12H,3-6,9,11H2,1-2H3,(H,21,26)(H,22,24)/t12-/m1/s1. The molecule has 0 aliphatic carbocycles. The molecule has 1 aliphatic heterocycles. The summed E-state index contributed by atoms with van der Waals surface area (Å²) in [6, 6.07) is 2.36. The summed E-state index contributed by atoms with van der Waals surface area (Å²) in [6.07, 6.45) is 6.48. The Bertz CT molecular complexity index is 871. The summed E-state index contributed by atoms with van der Waals surface area (Å²) in [6.45, 7) is 5.45. The Labute approximate surface area is 152 Å². The highest BCUT2D eigenvalue weighted by Gasteiger charge is 2.24. The minimum atomic E-state index is -0.189. The number of hydrogen-bond donors (Lipinski definition) is 2. The normalized spacial score (nSPS) is 17.0. The number of nitrogens with one attached hydrogen (secondary N) is 2. The summed E-state index contributed by atoms with van der Waals surface area (Å²) in [5, 5.41) is 21.5. The average Bonchev–Trinajstić information content (AvgIpc) is 2.68. The zero-order valence-corrected chi connectivity index (χ0v) is 15.1. The van der Waals surface area contributed by atoms with Crippen LogP contribution in [0.1, 0.15) is 43.5 Å². The largest absolute Gasteiger partial charge is 0.363 e. The molecule has 0 saturated carbocycles. The van der Waals surface area contributed by atoms with Crippen molar-refractivity contribution in [3.8, 4) is 6.07 Å². The summed E-state index contributed by atoms with van der Waals surface area (Å²) in [5.41, 5.74) is 2.22. The molecule has 0 spiro atoms. The van der Waals surface area contributed by atoms with Gasteiger partial charge in [-0.3, -0.25) is 4.79 Å². The molecular formula is C18H23N7O. The van der Waals surface area contributed by atoms with Crippen LogP contribution in [-0.2, 0) is 12.8 Å². The van der Waals surface area contributed by atoms with Crippen LogP contribution in [0, 0.1) is 11.3 Å². The van der Waals surface area contributed by atoms with E-state index >= 15 is 0 Å². The van der Waals surface area contributed by atoms with E-state index in [1.165, 1.54) is 6.20 Å². The summed E-state index contributed by atoms with van der Waals surface area (Å²) in [4.78, 5) is 20.8. The van der Waals surface area contributed by atoms with Crippen molar-refractivity contribution in [1.82, 2.24) is 20.2 Å². The quantitative estimate of drug-likeness (QED) is 0.840. The SMILES string of the molecule is CCc1nnc(N[C@@H]2CCCN(c3ncc[nH]c3=O)C2)c(C#N)c1CC. The van der Waals surface area contributed by atoms with Crippen molar-refractivity contribution in [1.29, 1.82) is 5.26 Å². The minimum absolute atomic E-state index is 0.0729. The van der Waals surface area contributed by atoms with Crippen LogP contribution in [0.15, 0.2) is 17.2 Å². The first-order chi connectivity index (χ1) is 12.7. The van der Waals surface area contributed by atoms with E-state index in [2.05, 4.69) is 31.6 Å². The van der Waals surface area contributed by atoms with Crippen LogP contribution < -0.4 is 15.8 Å². The first kappa shape index (κ1) is 17.9. The Morgan fingerprint density at radius 1 is 1.38 bits per heavy atom. The Kier molecular flexibility index (Phi) is 5.46. The molecule has 1 fully saturated rings. The fourth-order valence-corrected chi connectivity index (χ4v) is 3.44. The first-order valence-electron chi connectivity index (χ1n) is 9.01. The van der Waals surface area contributed by atoms with E-state index in [4.69, 9.17) is 0 Å². The Morgan fingerprint density at radius 3 is 2.92 bits per heavy atom. The number of H-pyrrole nitrogens is 1. The zero-order chi connectivity index (χ0) is 18.5. The maximum atomic E-state index is 12.0. The summed E-state index contributed by atoms with van der Waals surface area (Å²) in [5.74, 6) is 0.962. The van der Waals surface area contributed by atoms with E-state index in [0.29, 0.717) is 23.7 Å². The second-order valence-corrected chi connectivity index (χ2v) is 6.34. The number of rotatable bonds is 5. The molecule has 26 heavy (non-hydrogen) atoms. The fourth-order valence-electron chi connectivity index (χ4n) is 3.44. The molecule has 136 valence electrons. The van der Waals surface area contributed by atoms with Gasteiger partial charge < -0.3 is 15.2 Å². The maximum Gasteiger partial charge on any atom is 0.290 e. The van der Waals surface area contributed by atoms with Crippen LogP contribution in [0.2, 0.25) is 0 Å². The third kappa shape index (κ3) is 3.52. The predicted molar refractivity (Wildman–Crippen MR) is 99.2 cm³/mol. The molecule has 1 atom stereocenters. The van der Waals surface area contributed by atoms with Gasteiger partial charge in [0.25, 0.3) is 5.56 Å². The molecule has 3 heterocycles. The molecule has 0 bridgehead atoms. The second-order valence-electron chi connectivity index (χ2n) is 6.34. The number of aromatic nitrogens is 4. The molecule has 3 rings (SSSR count). The van der Waals surface area contributed by atoms with E-state index < -0.39 is 0 Å². The summed E-state index contributed by atoms with van der Waals surface area (Å²) < 4.78 is 0. The van der Waals surface area contributed by atoms with Crippen LogP contribution in [-0.4, -0.2) is 39.3 Å². The van der Waals surface area contributed by atoms with Crippen LogP contribution in [0.4, 0.5) is 11.6 Å². The van der Waals surface area contributed by atoms with E-state index in [9.17, 15) is 10.1 Å². The lowest BCUT2D eigenvalue weighted by Gasteiger charge is -2.33. The highest BCUT2D eigenvalue weighted by Crippen LogP contribution is 2.23. The van der Waals surface area contributed by atoms with Gasteiger partial charge in [-0.2, -0.15) is 10.4 Å². The van der Waals surface area contributed by atoms with Crippen LogP contribution in [0.25, 0.3) is 0 Å². The van der Waals surface area contributed by atoms with E-state index in [0.717, 1.165) is 43.5 Å². The number of aromatic amines is 1. The molecule has 0 radical (unpaired) electrons. The molecule has 0 aromatic carbocycles. The van der Waals surface area contributed by atoms with Gasteiger partial charge in [0.05, 0.1) is 5.69 Å². The van der Waals surface area contributed by atoms with Gasteiger partial charge in [0, 0.05) is 31.5 Å². The van der Waals surface area contributed by atoms with Crippen molar-refractivity contribution in [3.63, 3.8) is 0 Å². The van der Waals surface area contributed by atoms with E-state index in [1.54, 1.807) is 6.20 Å². The van der Waals surface area contributed by atoms with Gasteiger partial charge in [-0.05, 0) is 31.2 Å². The van der Waals surface area contributed by atoms with Gasteiger partial charge in [0.1, 0.15) is 11.6 Å². The molecule has 8 nitrogen and oxygen atoms in total. The lowest BCUT2D eigenvalue weighted by molar-refractivity contribution is 0.523. The minimum Gasteiger partial charge on any atom is -0.363 e. The number of hydrogen-bond acceptors (Lipinski definition) is 7. The molecule has 1 saturated heterocycles. The smallest absolute Gasteiger partial charge is 0.290 e. The van der Waals surface area contributed by atoms with Crippen molar-refractivity contribution in [2.75, 3.05) is 23.3 Å². The van der Waals surface area contributed by atoms with Crippen molar-refractivity contribution >= 4 is 11.6 Å². The predicted octanol–water partition coefficient (Wildman–Crippen LogP) is 1.64. The second kappa shape index (κ2) is 7.95. The van der Waals surface area contributed by atoms with Gasteiger partial charge in [-0.25, -0.2) is 4.98 Å². The van der Waals surface area contributed by atoms with Crippen molar-refractivity contribution in [3.05, 3.63) is 39.6 Å². The monoisotopic (exact) mass is 353 g/mol. The van der Waals surface area contributed by atoms with Crippen LogP contribution >= 0.6 is 0 Å². The number of aryl methyl sites for hydroxylation is 1. The van der Waals surface area contributed by atoms with E-state index in [-0.39, 0.29) is 11.6 Å². The van der Waals surface area contributed by atoms with Crippen LogP contribution in [0.3, 0.4) is 0 Å². The van der Waals surface area contributed by atoms with Crippen molar-refractivity contribution in [2.45, 2.75) is 45.6 Å². The van der Waals surface area contributed by atoms with Gasteiger partial charge >= 0.3 is 0 Å². The number of anilines is 2. The van der Waals surface area contributed by atoms with E-state index in [1.807, 2.05) is 18.7 Å². The van der Waals surface area contributed by atoms with Crippen molar-refractivity contribution in [2.24, 2.45) is 0 Å². The fraction of sp³-hybridized carbons (Fsp3) is 0.500. The van der Waals surface area contributed by atoms with Crippen molar-refractivity contribution < 1.29 is 0 Å². The molecule has 2 aromatic heterocycles. The molecular weight excluding hydrogens is 330 g/mol. The van der Waals surface area contributed by atoms with Gasteiger partial charge in [-0.1, -0.05) is 13.8 Å². The summed E-state index contributed by atoms with van der Waals surface area (Å²) in [7, 11) is 0. The van der Waals surface area contributed by atoms with Gasteiger partial charge in [0.15, 0.2) is 11.6 Å². The van der Waals surface area contributed by atoms with Crippen LogP contribution in [0.5, 0.6) is 0 Å². The molecule has 0 unspecified atom stereocenters. The first-order valence-corrected chi connectivity index (χ1v) is 9.01. The molecule has 8 heteroatoms. The lowest BCUT2D eigenvalue weighted by Crippen LogP contribution is -2.44. The summed E-state index contributed by atoms with van der Waals surface area (Å²) >= 11 is 0. The molecule has 0 amide bonds. The molecule has 1 aliphatic rings. The Morgan fingerprint density at radius 2 is 2.23 bits per heavy atom. The highest BCUT2D eigenvalue weighted by molar-refractivity contribution is 5.57. The average molecular weight is 353 g/mol. The number of nitriles is 1. The Hall–Kier alpha value is -2.95. The molecule has 2 aromatic rings. The highest BCUT2D eigenvalue weighted by atomic mass is 16.1. The van der Waals surface area contributed by atoms with Gasteiger partial charge in [-0.15, -0.1) is 5.10 Å². The topological polar surface area (TPSA) is 111 Å². The lowest BCUT2D eigenvalue weighted by atomic mass is 10.0. The Balaban J connectivity index is 1.82. The number of piperidine rings is 1. The third-order valence-corrected chi connectivity index (χ3v) is 4.71. The van der Waals surface area contributed by atoms with Gasteiger partial charge in [0.2, 0.25) is 0 Å². The molecule has 2 N–H and O–H groups in total.